The molecule has 1 fully saturated rings. The summed E-state index contributed by atoms with van der Waals surface area (Å²) in [6.45, 7) is 0.489. The van der Waals surface area contributed by atoms with E-state index in [1.807, 2.05) is 24.3 Å². The van der Waals surface area contributed by atoms with E-state index in [2.05, 4.69) is 10.6 Å². The van der Waals surface area contributed by atoms with Crippen LogP contribution in [-0.2, 0) is 6.54 Å². The minimum atomic E-state index is -0.0667. The Labute approximate surface area is 152 Å². The van der Waals surface area contributed by atoms with E-state index in [0.717, 1.165) is 24.2 Å². The second kappa shape index (κ2) is 11.8. The predicted octanol–water partition coefficient (Wildman–Crippen LogP) is 5.17. The Morgan fingerprint density at radius 3 is 2.12 bits per heavy atom. The van der Waals surface area contributed by atoms with Gasteiger partial charge in [-0.05, 0) is 18.9 Å². The van der Waals surface area contributed by atoms with Gasteiger partial charge in [0.05, 0.1) is 7.11 Å². The van der Waals surface area contributed by atoms with Gasteiger partial charge in [0.25, 0.3) is 0 Å². The summed E-state index contributed by atoms with van der Waals surface area (Å²) in [6.07, 6.45) is 14.0. The van der Waals surface area contributed by atoms with Crippen molar-refractivity contribution in [2.24, 2.45) is 0 Å². The molecule has 2 N–H and O–H groups in total. The summed E-state index contributed by atoms with van der Waals surface area (Å²) in [4.78, 5) is 12.3. The molecule has 0 spiro atoms. The summed E-state index contributed by atoms with van der Waals surface area (Å²) in [5.74, 6) is 0.814. The zero-order valence-corrected chi connectivity index (χ0v) is 15.7. The van der Waals surface area contributed by atoms with Crippen molar-refractivity contribution in [2.45, 2.75) is 83.2 Å². The van der Waals surface area contributed by atoms with E-state index < -0.39 is 0 Å². The molecule has 4 heteroatoms. The lowest BCUT2D eigenvalue weighted by Crippen LogP contribution is -2.41. The smallest absolute Gasteiger partial charge is 0.315 e. The van der Waals surface area contributed by atoms with Gasteiger partial charge in [0.15, 0.2) is 0 Å². The predicted molar refractivity (Wildman–Crippen MR) is 103 cm³/mol. The normalized spacial score (nSPS) is 17.8. The topological polar surface area (TPSA) is 50.4 Å². The Balaban J connectivity index is 1.77. The van der Waals surface area contributed by atoms with Crippen molar-refractivity contribution < 1.29 is 9.53 Å². The van der Waals surface area contributed by atoms with Crippen molar-refractivity contribution in [3.05, 3.63) is 29.8 Å². The fourth-order valence-electron chi connectivity index (χ4n) is 3.57. The zero-order valence-electron chi connectivity index (χ0n) is 15.7. The molecule has 0 radical (unpaired) electrons. The van der Waals surface area contributed by atoms with E-state index in [4.69, 9.17) is 4.74 Å². The van der Waals surface area contributed by atoms with Crippen LogP contribution >= 0.6 is 0 Å². The summed E-state index contributed by atoms with van der Waals surface area (Å²) < 4.78 is 5.33. The van der Waals surface area contributed by atoms with E-state index in [1.54, 1.807) is 7.11 Å². The number of urea groups is 1. The Morgan fingerprint density at radius 1 is 0.960 bits per heavy atom. The summed E-state index contributed by atoms with van der Waals surface area (Å²) >= 11 is 0. The van der Waals surface area contributed by atoms with Crippen LogP contribution in [0.15, 0.2) is 24.3 Å². The monoisotopic (exact) mass is 346 g/mol. The van der Waals surface area contributed by atoms with Gasteiger partial charge in [-0.25, -0.2) is 4.79 Å². The minimum absolute atomic E-state index is 0.0667. The van der Waals surface area contributed by atoms with E-state index in [1.165, 1.54) is 57.8 Å². The standard InChI is InChI=1S/C21H34N2O2/c1-25-20-16-12-11-13-18(20)17-22-21(24)23-19-14-9-7-5-3-2-4-6-8-10-15-19/h11-13,16,19H,2-10,14-15,17H2,1H3,(H2,22,23,24). The third kappa shape index (κ3) is 7.80. The van der Waals surface area contributed by atoms with Crippen molar-refractivity contribution in [1.82, 2.24) is 10.6 Å². The molecule has 1 saturated carbocycles. The molecule has 140 valence electrons. The van der Waals surface area contributed by atoms with Crippen molar-refractivity contribution >= 4 is 6.03 Å². The van der Waals surface area contributed by atoms with Gasteiger partial charge < -0.3 is 15.4 Å². The molecule has 0 atom stereocenters. The van der Waals surface area contributed by atoms with Crippen LogP contribution in [0.25, 0.3) is 0 Å². The third-order valence-corrected chi connectivity index (χ3v) is 5.07. The number of rotatable bonds is 4. The fourth-order valence-corrected chi connectivity index (χ4v) is 3.57. The number of methoxy groups -OCH3 is 1. The number of carbonyl (C=O) groups excluding carboxylic acids is 1. The molecule has 2 rings (SSSR count). The molecule has 4 nitrogen and oxygen atoms in total. The number of ether oxygens (including phenoxy) is 1. The molecule has 0 aliphatic heterocycles. The maximum Gasteiger partial charge on any atom is 0.315 e. The maximum atomic E-state index is 12.3. The number of benzene rings is 1. The molecule has 0 unspecified atom stereocenters. The average molecular weight is 347 g/mol. The Hall–Kier alpha value is -1.71. The van der Waals surface area contributed by atoms with Gasteiger partial charge in [-0.2, -0.15) is 0 Å². The van der Waals surface area contributed by atoms with Gasteiger partial charge in [-0.3, -0.25) is 0 Å². The first-order chi connectivity index (χ1) is 12.3. The number of nitrogens with one attached hydrogen (secondary N) is 2. The van der Waals surface area contributed by atoms with Crippen LogP contribution in [0.4, 0.5) is 4.79 Å². The van der Waals surface area contributed by atoms with Gasteiger partial charge in [0.1, 0.15) is 5.75 Å². The fraction of sp³-hybridized carbons (Fsp3) is 0.667. The van der Waals surface area contributed by atoms with Crippen molar-refractivity contribution in [1.29, 1.82) is 0 Å². The number of para-hydroxylation sites is 1. The largest absolute Gasteiger partial charge is 0.496 e. The van der Waals surface area contributed by atoms with Crippen LogP contribution in [0, 0.1) is 0 Å². The summed E-state index contributed by atoms with van der Waals surface area (Å²) in [5, 5.41) is 6.16. The molecule has 1 aromatic rings. The van der Waals surface area contributed by atoms with Gasteiger partial charge in [-0.15, -0.1) is 0 Å². The molecule has 2 amide bonds. The minimum Gasteiger partial charge on any atom is -0.496 e. The maximum absolute atomic E-state index is 12.3. The highest BCUT2D eigenvalue weighted by molar-refractivity contribution is 5.74. The first-order valence-corrected chi connectivity index (χ1v) is 9.96. The Morgan fingerprint density at radius 2 is 1.52 bits per heavy atom. The quantitative estimate of drug-likeness (QED) is 0.790. The molecule has 25 heavy (non-hydrogen) atoms. The lowest BCUT2D eigenvalue weighted by molar-refractivity contribution is 0.234. The van der Waals surface area contributed by atoms with E-state index in [9.17, 15) is 4.79 Å². The average Bonchev–Trinajstić information content (AvgIpc) is 2.62. The summed E-state index contributed by atoms with van der Waals surface area (Å²) in [5.41, 5.74) is 0.999. The SMILES string of the molecule is COc1ccccc1CNC(=O)NC1CCCCCCCCCCC1. The summed E-state index contributed by atoms with van der Waals surface area (Å²) in [6, 6.07) is 8.04. The molecular weight excluding hydrogens is 312 g/mol. The molecule has 0 saturated heterocycles. The van der Waals surface area contributed by atoms with Crippen LogP contribution < -0.4 is 15.4 Å². The highest BCUT2D eigenvalue weighted by Crippen LogP contribution is 2.18. The van der Waals surface area contributed by atoms with Gasteiger partial charge in [0, 0.05) is 18.2 Å². The second-order valence-electron chi connectivity index (χ2n) is 7.10. The first-order valence-electron chi connectivity index (χ1n) is 9.96. The summed E-state index contributed by atoms with van der Waals surface area (Å²) in [7, 11) is 1.66. The van der Waals surface area contributed by atoms with E-state index in [-0.39, 0.29) is 6.03 Å². The van der Waals surface area contributed by atoms with E-state index >= 15 is 0 Å². The molecule has 0 aromatic heterocycles. The molecule has 1 aliphatic carbocycles. The third-order valence-electron chi connectivity index (χ3n) is 5.07. The molecule has 1 aliphatic rings. The lowest BCUT2D eigenvalue weighted by atomic mass is 9.98. The number of hydrogen-bond acceptors (Lipinski definition) is 2. The molecule has 0 bridgehead atoms. The highest BCUT2D eigenvalue weighted by Gasteiger charge is 2.13. The van der Waals surface area contributed by atoms with E-state index in [0.29, 0.717) is 12.6 Å². The second-order valence-corrected chi connectivity index (χ2v) is 7.10. The van der Waals surface area contributed by atoms with Crippen molar-refractivity contribution in [3.63, 3.8) is 0 Å². The number of carbonyl (C=O) groups is 1. The Bertz CT molecular complexity index is 492. The van der Waals surface area contributed by atoms with Gasteiger partial charge in [0.2, 0.25) is 0 Å². The van der Waals surface area contributed by atoms with Gasteiger partial charge >= 0.3 is 6.03 Å². The van der Waals surface area contributed by atoms with Crippen LogP contribution in [-0.4, -0.2) is 19.2 Å². The zero-order chi connectivity index (χ0) is 17.7. The molecule has 0 heterocycles. The van der Waals surface area contributed by atoms with Crippen LogP contribution in [0.2, 0.25) is 0 Å². The van der Waals surface area contributed by atoms with Crippen LogP contribution in [0.3, 0.4) is 0 Å². The number of hydrogen-bond donors (Lipinski definition) is 2. The molecular formula is C21H34N2O2. The van der Waals surface area contributed by atoms with Crippen molar-refractivity contribution in [3.8, 4) is 5.75 Å². The highest BCUT2D eigenvalue weighted by atomic mass is 16.5. The van der Waals surface area contributed by atoms with Crippen LogP contribution in [0.1, 0.15) is 76.2 Å². The number of amides is 2. The van der Waals surface area contributed by atoms with Gasteiger partial charge in [-0.1, -0.05) is 76.0 Å². The first kappa shape index (κ1) is 19.6. The molecule has 1 aromatic carbocycles. The Kier molecular flexibility index (Phi) is 9.24. The lowest BCUT2D eigenvalue weighted by Gasteiger charge is -2.20. The van der Waals surface area contributed by atoms with Crippen molar-refractivity contribution in [2.75, 3.05) is 7.11 Å². The van der Waals surface area contributed by atoms with Crippen LogP contribution in [0.5, 0.6) is 5.75 Å².